The number of hydrogen-bond donors (Lipinski definition) is 3. The first-order valence-corrected chi connectivity index (χ1v) is 11.9. The maximum atomic E-state index is 13.0. The lowest BCUT2D eigenvalue weighted by molar-refractivity contribution is -0.129. The van der Waals surface area contributed by atoms with Crippen molar-refractivity contribution in [3.8, 4) is 5.75 Å². The zero-order chi connectivity index (χ0) is 25.8. The highest BCUT2D eigenvalue weighted by Gasteiger charge is 2.23. The summed E-state index contributed by atoms with van der Waals surface area (Å²) in [5.41, 5.74) is 7.26. The average molecular weight is 483 g/mol. The second-order valence-electron chi connectivity index (χ2n) is 9.26. The van der Waals surface area contributed by atoms with Crippen LogP contribution in [-0.4, -0.2) is 55.3 Å². The van der Waals surface area contributed by atoms with E-state index in [-0.39, 0.29) is 24.3 Å². The number of carbonyl (C=O) groups excluding carboxylic acids is 3. The van der Waals surface area contributed by atoms with Crippen molar-refractivity contribution in [2.75, 3.05) is 20.6 Å². The normalized spacial score (nSPS) is 13.5. The predicted molar refractivity (Wildman–Crippen MR) is 137 cm³/mol. The molecule has 3 unspecified atom stereocenters. The quantitative estimate of drug-likeness (QED) is 0.382. The van der Waals surface area contributed by atoms with Crippen molar-refractivity contribution in [1.29, 1.82) is 0 Å². The highest BCUT2D eigenvalue weighted by Crippen LogP contribution is 2.16. The molecule has 0 spiro atoms. The molecule has 0 aromatic heterocycles. The first-order valence-electron chi connectivity index (χ1n) is 11.9. The Labute approximate surface area is 208 Å². The van der Waals surface area contributed by atoms with Crippen LogP contribution in [-0.2, 0) is 27.4 Å². The van der Waals surface area contributed by atoms with Gasteiger partial charge in [-0.2, -0.15) is 0 Å². The third-order valence-electron chi connectivity index (χ3n) is 5.58. The van der Waals surface area contributed by atoms with E-state index in [1.54, 1.807) is 6.92 Å². The summed E-state index contributed by atoms with van der Waals surface area (Å²) in [6.45, 7) is 4.75. The van der Waals surface area contributed by atoms with Gasteiger partial charge in [-0.3, -0.25) is 14.4 Å². The molecule has 3 amide bonds. The van der Waals surface area contributed by atoms with Gasteiger partial charge >= 0.3 is 0 Å². The highest BCUT2D eigenvalue weighted by molar-refractivity contribution is 5.88. The Bertz CT molecular complexity index is 947. The molecule has 0 saturated carbocycles. The van der Waals surface area contributed by atoms with Crippen LogP contribution in [0.15, 0.2) is 54.6 Å². The molecule has 0 aliphatic heterocycles. The number of likely N-dealkylation sites (N-methyl/N-ethyl adjacent to an activating group) is 1. The number of ether oxygens (including phenoxy) is 1. The van der Waals surface area contributed by atoms with Crippen molar-refractivity contribution in [2.45, 2.75) is 51.8 Å². The number of amides is 3. The molecule has 0 saturated heterocycles. The van der Waals surface area contributed by atoms with E-state index in [2.05, 4.69) is 10.6 Å². The molecule has 2 aromatic rings. The van der Waals surface area contributed by atoms with Crippen molar-refractivity contribution in [2.24, 2.45) is 11.7 Å². The lowest BCUT2D eigenvalue weighted by Crippen LogP contribution is -2.51. The van der Waals surface area contributed by atoms with E-state index in [1.807, 2.05) is 80.5 Å². The number of nitrogens with zero attached hydrogens (tertiary/aromatic N) is 1. The minimum absolute atomic E-state index is 0.0828. The van der Waals surface area contributed by atoms with Gasteiger partial charge in [0.1, 0.15) is 18.4 Å². The molecule has 0 aliphatic carbocycles. The predicted octanol–water partition coefficient (Wildman–Crippen LogP) is 2.26. The van der Waals surface area contributed by atoms with Gasteiger partial charge in [-0.15, -0.1) is 0 Å². The molecule has 0 aliphatic rings. The molecule has 190 valence electrons. The molecule has 0 bridgehead atoms. The summed E-state index contributed by atoms with van der Waals surface area (Å²) >= 11 is 0. The fraction of sp³-hybridized carbons (Fsp3) is 0.444. The van der Waals surface area contributed by atoms with Crippen LogP contribution in [0.25, 0.3) is 0 Å². The van der Waals surface area contributed by atoms with E-state index in [0.717, 1.165) is 16.9 Å². The third-order valence-corrected chi connectivity index (χ3v) is 5.58. The van der Waals surface area contributed by atoms with Gasteiger partial charge in [0.25, 0.3) is 0 Å². The van der Waals surface area contributed by atoms with Crippen LogP contribution >= 0.6 is 0 Å². The molecule has 8 heteroatoms. The fourth-order valence-corrected chi connectivity index (χ4v) is 3.60. The summed E-state index contributed by atoms with van der Waals surface area (Å²) in [5.74, 6) is -0.667. The van der Waals surface area contributed by atoms with Crippen molar-refractivity contribution in [1.82, 2.24) is 15.5 Å². The topological polar surface area (TPSA) is 114 Å². The highest BCUT2D eigenvalue weighted by atomic mass is 16.5. The fourth-order valence-electron chi connectivity index (χ4n) is 3.60. The zero-order valence-electron chi connectivity index (χ0n) is 21.1. The Morgan fingerprint density at radius 3 is 2.20 bits per heavy atom. The van der Waals surface area contributed by atoms with Crippen LogP contribution in [0, 0.1) is 5.92 Å². The lowest BCUT2D eigenvalue weighted by Gasteiger charge is -2.23. The second-order valence-corrected chi connectivity index (χ2v) is 9.26. The monoisotopic (exact) mass is 482 g/mol. The Hall–Kier alpha value is -3.39. The number of benzene rings is 2. The first kappa shape index (κ1) is 27.9. The lowest BCUT2D eigenvalue weighted by atomic mass is 10.0. The molecule has 3 atom stereocenters. The summed E-state index contributed by atoms with van der Waals surface area (Å²) in [6.07, 6.45) is 0.782. The summed E-state index contributed by atoms with van der Waals surface area (Å²) in [4.78, 5) is 38.8. The molecular formula is C27H38N4O4. The molecule has 2 rings (SSSR count). The zero-order valence-corrected chi connectivity index (χ0v) is 21.1. The Morgan fingerprint density at radius 1 is 0.943 bits per heavy atom. The van der Waals surface area contributed by atoms with Crippen molar-refractivity contribution in [3.05, 3.63) is 65.7 Å². The Balaban J connectivity index is 2.02. The molecule has 2 aromatic carbocycles. The second kappa shape index (κ2) is 14.1. The summed E-state index contributed by atoms with van der Waals surface area (Å²) in [7, 11) is 3.87. The third kappa shape index (κ3) is 10.6. The smallest absolute Gasteiger partial charge is 0.243 e. The molecule has 35 heavy (non-hydrogen) atoms. The number of carbonyl (C=O) groups is 3. The van der Waals surface area contributed by atoms with Crippen LogP contribution in [0.5, 0.6) is 5.75 Å². The van der Waals surface area contributed by atoms with Crippen LogP contribution < -0.4 is 21.1 Å². The van der Waals surface area contributed by atoms with Crippen LogP contribution in [0.4, 0.5) is 0 Å². The number of rotatable bonds is 14. The first-order chi connectivity index (χ1) is 16.6. The van der Waals surface area contributed by atoms with Crippen LogP contribution in [0.1, 0.15) is 37.8 Å². The molecular weight excluding hydrogens is 444 g/mol. The minimum Gasteiger partial charge on any atom is -0.489 e. The van der Waals surface area contributed by atoms with Gasteiger partial charge in [0.2, 0.25) is 17.7 Å². The van der Waals surface area contributed by atoms with Gasteiger partial charge in [0.15, 0.2) is 0 Å². The number of nitrogens with one attached hydrogen (secondary N) is 2. The van der Waals surface area contributed by atoms with E-state index in [4.69, 9.17) is 10.5 Å². The largest absolute Gasteiger partial charge is 0.489 e. The summed E-state index contributed by atoms with van der Waals surface area (Å²) < 4.78 is 5.84. The van der Waals surface area contributed by atoms with Gasteiger partial charge < -0.3 is 26.0 Å². The number of nitrogens with two attached hydrogens (primary N) is 1. The Morgan fingerprint density at radius 2 is 1.60 bits per heavy atom. The van der Waals surface area contributed by atoms with Gasteiger partial charge in [-0.1, -0.05) is 49.4 Å². The van der Waals surface area contributed by atoms with Gasteiger partial charge in [0, 0.05) is 31.3 Å². The van der Waals surface area contributed by atoms with E-state index in [9.17, 15) is 14.4 Å². The van der Waals surface area contributed by atoms with Crippen molar-refractivity contribution >= 4 is 17.7 Å². The van der Waals surface area contributed by atoms with Gasteiger partial charge in [-0.05, 0) is 50.7 Å². The van der Waals surface area contributed by atoms with Crippen LogP contribution in [0.2, 0.25) is 0 Å². The number of hydrogen-bond acceptors (Lipinski definition) is 5. The molecule has 8 nitrogen and oxygen atoms in total. The SMILES string of the molecule is CC(CN(C)C)NC(=O)C(Cc1ccc(OCc2ccccc2)cc1)NC(=O)CCC(C)C(N)=O. The molecule has 4 N–H and O–H groups in total. The van der Waals surface area contributed by atoms with E-state index >= 15 is 0 Å². The van der Waals surface area contributed by atoms with Crippen molar-refractivity contribution < 1.29 is 19.1 Å². The minimum atomic E-state index is -0.743. The summed E-state index contributed by atoms with van der Waals surface area (Å²) in [5, 5.41) is 5.81. The maximum Gasteiger partial charge on any atom is 0.243 e. The van der Waals surface area contributed by atoms with E-state index in [1.165, 1.54) is 0 Å². The standard InChI is InChI=1S/C27H38N4O4/c1-19(26(28)33)10-15-25(32)30-24(27(34)29-20(2)17-31(3)4)16-21-11-13-23(14-12-21)35-18-22-8-6-5-7-9-22/h5-9,11-14,19-20,24H,10,15-18H2,1-4H3,(H2,28,33)(H,29,34)(H,30,32). The molecule has 0 heterocycles. The van der Waals surface area contributed by atoms with E-state index < -0.39 is 17.9 Å². The molecule has 0 fully saturated rings. The summed E-state index contributed by atoms with van der Waals surface area (Å²) in [6, 6.07) is 16.6. The maximum absolute atomic E-state index is 13.0. The van der Waals surface area contributed by atoms with E-state index in [0.29, 0.717) is 26.0 Å². The number of primary amides is 1. The van der Waals surface area contributed by atoms with Crippen molar-refractivity contribution in [3.63, 3.8) is 0 Å². The van der Waals surface area contributed by atoms with Gasteiger partial charge in [0.05, 0.1) is 0 Å². The van der Waals surface area contributed by atoms with Gasteiger partial charge in [-0.25, -0.2) is 0 Å². The average Bonchev–Trinajstić information content (AvgIpc) is 2.81. The van der Waals surface area contributed by atoms with Crippen LogP contribution in [0.3, 0.4) is 0 Å². The Kier molecular flexibility index (Phi) is 11.2. The molecule has 0 radical (unpaired) electrons.